The second-order valence-corrected chi connectivity index (χ2v) is 7.14. The molecule has 0 spiro atoms. The molecule has 2 N–H and O–H groups in total. The molecule has 2 saturated carbocycles. The fourth-order valence-electron chi connectivity index (χ4n) is 3.64. The van der Waals surface area contributed by atoms with Crippen molar-refractivity contribution in [1.82, 2.24) is 5.32 Å². The number of carbonyl (C=O) groups is 2. The summed E-state index contributed by atoms with van der Waals surface area (Å²) in [6.45, 7) is 2.06. The highest BCUT2D eigenvalue weighted by Gasteiger charge is 2.50. The average molecular weight is 337 g/mol. The minimum Gasteiger partial charge on any atom is -0.480 e. The Kier molecular flexibility index (Phi) is 4.32. The number of benzene rings is 1. The van der Waals surface area contributed by atoms with Crippen LogP contribution in [0.25, 0.3) is 0 Å². The van der Waals surface area contributed by atoms with E-state index < -0.39 is 40.9 Å². The predicted molar refractivity (Wildman–Crippen MR) is 83.3 cm³/mol. The Balaban J connectivity index is 1.71. The third-order valence-electron chi connectivity index (χ3n) is 5.40. The number of halogens is 2. The summed E-state index contributed by atoms with van der Waals surface area (Å²) >= 11 is 0. The summed E-state index contributed by atoms with van der Waals surface area (Å²) in [7, 11) is 0. The normalized spacial score (nSPS) is 32.2. The van der Waals surface area contributed by atoms with Crippen molar-refractivity contribution in [3.63, 3.8) is 0 Å². The lowest BCUT2D eigenvalue weighted by atomic mass is 9.77. The second-order valence-electron chi connectivity index (χ2n) is 7.14. The Morgan fingerprint density at radius 1 is 1.21 bits per heavy atom. The van der Waals surface area contributed by atoms with Crippen LogP contribution in [0.2, 0.25) is 0 Å². The van der Waals surface area contributed by atoms with Gasteiger partial charge in [-0.25, -0.2) is 13.6 Å². The largest absolute Gasteiger partial charge is 0.480 e. The monoisotopic (exact) mass is 337 g/mol. The van der Waals surface area contributed by atoms with E-state index in [2.05, 4.69) is 12.2 Å². The molecule has 24 heavy (non-hydrogen) atoms. The van der Waals surface area contributed by atoms with Gasteiger partial charge in [-0.1, -0.05) is 13.0 Å². The topological polar surface area (TPSA) is 66.4 Å². The number of amides is 1. The van der Waals surface area contributed by atoms with E-state index in [9.17, 15) is 23.5 Å². The fraction of sp³-hybridized carbons (Fsp3) is 0.556. The minimum absolute atomic E-state index is 0.0701. The van der Waals surface area contributed by atoms with Crippen molar-refractivity contribution in [3.05, 3.63) is 35.4 Å². The zero-order valence-electron chi connectivity index (χ0n) is 13.5. The molecule has 2 atom stereocenters. The minimum atomic E-state index is -1.25. The smallest absolute Gasteiger partial charge is 0.329 e. The van der Waals surface area contributed by atoms with Gasteiger partial charge in [0.2, 0.25) is 5.91 Å². The van der Waals surface area contributed by atoms with Crippen molar-refractivity contribution in [2.45, 2.75) is 50.5 Å². The summed E-state index contributed by atoms with van der Waals surface area (Å²) in [5.41, 5.74) is -1.32. The van der Waals surface area contributed by atoms with Crippen LogP contribution < -0.4 is 5.32 Å². The van der Waals surface area contributed by atoms with Gasteiger partial charge in [-0.05, 0) is 50.2 Å². The Bertz CT molecular complexity index is 648. The van der Waals surface area contributed by atoms with Crippen LogP contribution in [0, 0.1) is 23.5 Å². The van der Waals surface area contributed by atoms with Gasteiger partial charge in [0.1, 0.15) is 17.2 Å². The van der Waals surface area contributed by atoms with Crippen LogP contribution in [0.3, 0.4) is 0 Å². The molecule has 2 aliphatic rings. The van der Waals surface area contributed by atoms with Crippen LogP contribution in [0.15, 0.2) is 18.2 Å². The third kappa shape index (κ3) is 3.01. The highest BCUT2D eigenvalue weighted by atomic mass is 19.1. The Morgan fingerprint density at radius 3 is 2.33 bits per heavy atom. The molecule has 0 radical (unpaired) electrons. The molecule has 1 aromatic rings. The maximum absolute atomic E-state index is 13.8. The first kappa shape index (κ1) is 16.9. The molecule has 0 saturated heterocycles. The molecule has 2 unspecified atom stereocenters. The molecule has 2 aliphatic carbocycles. The van der Waals surface area contributed by atoms with Crippen molar-refractivity contribution in [1.29, 1.82) is 0 Å². The maximum atomic E-state index is 13.8. The maximum Gasteiger partial charge on any atom is 0.329 e. The van der Waals surface area contributed by atoms with Crippen molar-refractivity contribution in [2.75, 3.05) is 0 Å². The van der Waals surface area contributed by atoms with Crippen LogP contribution >= 0.6 is 0 Å². The molecule has 0 bridgehead atoms. The lowest BCUT2D eigenvalue weighted by Crippen LogP contribution is -2.56. The van der Waals surface area contributed by atoms with Gasteiger partial charge in [0.15, 0.2) is 0 Å². The van der Waals surface area contributed by atoms with E-state index in [1.807, 2.05) is 0 Å². The van der Waals surface area contributed by atoms with Crippen LogP contribution in [-0.4, -0.2) is 22.5 Å². The van der Waals surface area contributed by atoms with E-state index in [0.717, 1.165) is 12.8 Å². The Labute approximate surface area is 139 Å². The highest BCUT2D eigenvalue weighted by molar-refractivity contribution is 5.90. The fourth-order valence-corrected chi connectivity index (χ4v) is 3.64. The summed E-state index contributed by atoms with van der Waals surface area (Å²) in [5.74, 6) is -3.40. The molecule has 0 heterocycles. The van der Waals surface area contributed by atoms with E-state index in [0.29, 0.717) is 25.2 Å². The molecule has 2 fully saturated rings. The summed E-state index contributed by atoms with van der Waals surface area (Å²) in [6, 6.07) is 3.63. The number of hydrogen-bond acceptors (Lipinski definition) is 2. The van der Waals surface area contributed by atoms with Gasteiger partial charge in [0, 0.05) is 17.4 Å². The van der Waals surface area contributed by atoms with E-state index in [1.54, 1.807) is 0 Å². The van der Waals surface area contributed by atoms with Crippen LogP contribution in [0.1, 0.15) is 50.5 Å². The van der Waals surface area contributed by atoms with Gasteiger partial charge in [-0.3, -0.25) is 4.79 Å². The van der Waals surface area contributed by atoms with E-state index in [4.69, 9.17) is 0 Å². The zero-order chi connectivity index (χ0) is 17.5. The van der Waals surface area contributed by atoms with Gasteiger partial charge in [0.05, 0.1) is 0 Å². The van der Waals surface area contributed by atoms with Crippen molar-refractivity contribution < 1.29 is 23.5 Å². The van der Waals surface area contributed by atoms with Crippen molar-refractivity contribution in [2.24, 2.45) is 11.8 Å². The number of aliphatic carboxylic acids is 1. The van der Waals surface area contributed by atoms with Gasteiger partial charge in [0.25, 0.3) is 0 Å². The molecule has 0 aliphatic heterocycles. The van der Waals surface area contributed by atoms with Crippen LogP contribution in [0.4, 0.5) is 8.78 Å². The van der Waals surface area contributed by atoms with Crippen LogP contribution in [-0.2, 0) is 9.59 Å². The quantitative estimate of drug-likeness (QED) is 0.886. The Morgan fingerprint density at radius 2 is 1.79 bits per heavy atom. The average Bonchev–Trinajstić information content (AvgIpc) is 3.30. The highest BCUT2D eigenvalue weighted by Crippen LogP contribution is 2.49. The third-order valence-corrected chi connectivity index (χ3v) is 5.40. The molecule has 1 amide bonds. The summed E-state index contributed by atoms with van der Waals surface area (Å²) in [6.07, 6.45) is 2.60. The van der Waals surface area contributed by atoms with E-state index in [-0.39, 0.29) is 5.56 Å². The molecule has 1 aromatic carbocycles. The summed E-state index contributed by atoms with van der Waals surface area (Å²) < 4.78 is 27.6. The van der Waals surface area contributed by atoms with Gasteiger partial charge >= 0.3 is 5.97 Å². The first-order chi connectivity index (χ1) is 11.3. The number of carboxylic acid groups (broad SMARTS) is 1. The van der Waals surface area contributed by atoms with E-state index in [1.165, 1.54) is 18.2 Å². The number of hydrogen-bond donors (Lipinski definition) is 2. The van der Waals surface area contributed by atoms with Gasteiger partial charge < -0.3 is 10.4 Å². The molecular weight excluding hydrogens is 316 g/mol. The van der Waals surface area contributed by atoms with Crippen molar-refractivity contribution >= 4 is 11.9 Å². The summed E-state index contributed by atoms with van der Waals surface area (Å²) in [5, 5.41) is 12.2. The molecule has 130 valence electrons. The summed E-state index contributed by atoms with van der Waals surface area (Å²) in [4.78, 5) is 24.1. The SMILES string of the molecule is CC1CCC(NC(=O)C2CC2c2c(F)cccc2F)(C(=O)O)CC1. The number of carbonyl (C=O) groups excluding carboxylic acids is 1. The zero-order valence-corrected chi connectivity index (χ0v) is 13.5. The molecule has 4 nitrogen and oxygen atoms in total. The molecule has 0 aromatic heterocycles. The Hall–Kier alpha value is -1.98. The first-order valence-corrected chi connectivity index (χ1v) is 8.33. The predicted octanol–water partition coefficient (Wildman–Crippen LogP) is 3.22. The van der Waals surface area contributed by atoms with Gasteiger partial charge in [-0.15, -0.1) is 0 Å². The number of carboxylic acids is 1. The lowest BCUT2D eigenvalue weighted by Gasteiger charge is -2.36. The first-order valence-electron chi connectivity index (χ1n) is 8.33. The lowest BCUT2D eigenvalue weighted by molar-refractivity contribution is -0.150. The van der Waals surface area contributed by atoms with Crippen molar-refractivity contribution in [3.8, 4) is 0 Å². The van der Waals surface area contributed by atoms with E-state index >= 15 is 0 Å². The molecular formula is C18H21F2NO3. The van der Waals surface area contributed by atoms with Crippen LogP contribution in [0.5, 0.6) is 0 Å². The standard InChI is InChI=1S/C18H21F2NO3/c1-10-5-7-18(8-6-10,17(23)24)21-16(22)12-9-11(12)15-13(19)3-2-4-14(15)20/h2-4,10-12H,5-9H2,1H3,(H,21,22)(H,23,24). The molecule has 6 heteroatoms. The molecule has 3 rings (SSSR count). The number of nitrogens with one attached hydrogen (secondary N) is 1. The van der Waals surface area contributed by atoms with Gasteiger partial charge in [-0.2, -0.15) is 0 Å². The number of rotatable bonds is 4. The second kappa shape index (κ2) is 6.15.